The second kappa shape index (κ2) is 4.70. The Morgan fingerprint density at radius 1 is 1.44 bits per heavy atom. The lowest BCUT2D eigenvalue weighted by atomic mass is 10.2. The fourth-order valence-electron chi connectivity index (χ4n) is 1.65. The number of anilines is 2. The van der Waals surface area contributed by atoms with Gasteiger partial charge in [-0.25, -0.2) is 4.98 Å². The first-order chi connectivity index (χ1) is 7.81. The largest absolute Gasteiger partial charge is 0.397 e. The molecule has 1 unspecified atom stereocenters. The highest BCUT2D eigenvalue weighted by molar-refractivity contribution is 5.66. The quantitative estimate of drug-likeness (QED) is 0.688. The number of imidazole rings is 1. The van der Waals surface area contributed by atoms with Crippen molar-refractivity contribution in [2.45, 2.75) is 19.4 Å². The molecule has 1 heterocycles. The predicted molar refractivity (Wildman–Crippen MR) is 66.1 cm³/mol. The number of H-pyrrole nitrogens is 1. The molecular weight excluding hydrogens is 200 g/mol. The Morgan fingerprint density at radius 2 is 2.25 bits per heavy atom. The minimum absolute atomic E-state index is 0.166. The fraction of sp³-hybridized carbons (Fsp3) is 0.250. The number of hydrogen-bond donors (Lipinski definition) is 3. The topological polar surface area (TPSA) is 66.7 Å². The van der Waals surface area contributed by atoms with E-state index in [0.717, 1.165) is 23.6 Å². The molecule has 16 heavy (non-hydrogen) atoms. The van der Waals surface area contributed by atoms with Gasteiger partial charge in [0, 0.05) is 12.4 Å². The van der Waals surface area contributed by atoms with Gasteiger partial charge in [-0.05, 0) is 18.6 Å². The van der Waals surface area contributed by atoms with Crippen LogP contribution in [0.3, 0.4) is 0 Å². The monoisotopic (exact) mass is 216 g/mol. The average molecular weight is 216 g/mol. The van der Waals surface area contributed by atoms with Gasteiger partial charge >= 0.3 is 0 Å². The minimum atomic E-state index is 0.166. The molecule has 2 aromatic rings. The summed E-state index contributed by atoms with van der Waals surface area (Å²) in [5, 5.41) is 3.38. The second-order valence-corrected chi connectivity index (χ2v) is 3.67. The van der Waals surface area contributed by atoms with Crippen LogP contribution < -0.4 is 11.1 Å². The first-order valence-electron chi connectivity index (χ1n) is 5.41. The summed E-state index contributed by atoms with van der Waals surface area (Å²) >= 11 is 0. The van der Waals surface area contributed by atoms with Crippen LogP contribution in [0.2, 0.25) is 0 Å². The number of aromatic nitrogens is 2. The molecule has 2 rings (SSSR count). The number of hydrogen-bond acceptors (Lipinski definition) is 3. The smallest absolute Gasteiger partial charge is 0.128 e. The van der Waals surface area contributed by atoms with E-state index < -0.39 is 0 Å². The van der Waals surface area contributed by atoms with Gasteiger partial charge in [-0.15, -0.1) is 0 Å². The summed E-state index contributed by atoms with van der Waals surface area (Å²) in [6.07, 6.45) is 4.53. The summed E-state index contributed by atoms with van der Waals surface area (Å²) in [6, 6.07) is 7.92. The van der Waals surface area contributed by atoms with Gasteiger partial charge in [0.2, 0.25) is 0 Å². The van der Waals surface area contributed by atoms with E-state index in [9.17, 15) is 0 Å². The molecule has 1 atom stereocenters. The van der Waals surface area contributed by atoms with Gasteiger partial charge in [-0.3, -0.25) is 0 Å². The van der Waals surface area contributed by atoms with Gasteiger partial charge in [0.1, 0.15) is 5.82 Å². The standard InChI is InChI=1S/C12H16N4/c1-2-10(12-14-7-8-15-12)16-11-6-4-3-5-9(11)13/h3-8,10,16H,2,13H2,1H3,(H,14,15). The molecule has 0 bridgehead atoms. The lowest BCUT2D eigenvalue weighted by Crippen LogP contribution is -2.12. The maximum Gasteiger partial charge on any atom is 0.128 e. The SMILES string of the molecule is CCC(Nc1ccccc1N)c1ncc[nH]1. The molecular formula is C12H16N4. The number of aromatic amines is 1. The van der Waals surface area contributed by atoms with E-state index in [1.54, 1.807) is 6.20 Å². The molecule has 0 radical (unpaired) electrons. The lowest BCUT2D eigenvalue weighted by molar-refractivity contribution is 0.704. The fourth-order valence-corrected chi connectivity index (χ4v) is 1.65. The third-order valence-corrected chi connectivity index (χ3v) is 2.55. The van der Waals surface area contributed by atoms with Crippen LogP contribution in [-0.4, -0.2) is 9.97 Å². The Bertz CT molecular complexity index is 436. The number of benzene rings is 1. The Kier molecular flexibility index (Phi) is 3.10. The van der Waals surface area contributed by atoms with Crippen LogP contribution in [0.5, 0.6) is 0 Å². The molecule has 4 heteroatoms. The van der Waals surface area contributed by atoms with Crippen molar-refractivity contribution in [3.05, 3.63) is 42.5 Å². The van der Waals surface area contributed by atoms with Gasteiger partial charge in [0.05, 0.1) is 17.4 Å². The molecule has 1 aromatic heterocycles. The Morgan fingerprint density at radius 3 is 2.88 bits per heavy atom. The highest BCUT2D eigenvalue weighted by Crippen LogP contribution is 2.24. The third kappa shape index (κ3) is 2.16. The van der Waals surface area contributed by atoms with E-state index in [1.165, 1.54) is 0 Å². The molecule has 4 nitrogen and oxygen atoms in total. The Balaban J connectivity index is 2.17. The average Bonchev–Trinajstić information content (AvgIpc) is 2.81. The van der Waals surface area contributed by atoms with Crippen molar-refractivity contribution in [3.63, 3.8) is 0 Å². The lowest BCUT2D eigenvalue weighted by Gasteiger charge is -2.17. The molecule has 84 valence electrons. The van der Waals surface area contributed by atoms with Crippen LogP contribution in [0.25, 0.3) is 0 Å². The maximum absolute atomic E-state index is 5.88. The van der Waals surface area contributed by atoms with Crippen LogP contribution in [0, 0.1) is 0 Å². The summed E-state index contributed by atoms with van der Waals surface area (Å²) in [6.45, 7) is 2.11. The highest BCUT2D eigenvalue weighted by atomic mass is 15.0. The van der Waals surface area contributed by atoms with Crippen molar-refractivity contribution in [1.29, 1.82) is 0 Å². The van der Waals surface area contributed by atoms with Crippen LogP contribution in [0.4, 0.5) is 11.4 Å². The summed E-state index contributed by atoms with van der Waals surface area (Å²) < 4.78 is 0. The summed E-state index contributed by atoms with van der Waals surface area (Å²) in [4.78, 5) is 7.37. The van der Waals surface area contributed by atoms with E-state index in [1.807, 2.05) is 30.5 Å². The van der Waals surface area contributed by atoms with E-state index >= 15 is 0 Å². The highest BCUT2D eigenvalue weighted by Gasteiger charge is 2.11. The van der Waals surface area contributed by atoms with Crippen molar-refractivity contribution >= 4 is 11.4 Å². The van der Waals surface area contributed by atoms with E-state index in [0.29, 0.717) is 0 Å². The molecule has 0 fully saturated rings. The number of nitrogen functional groups attached to an aromatic ring is 1. The van der Waals surface area contributed by atoms with Crippen molar-refractivity contribution in [1.82, 2.24) is 9.97 Å². The summed E-state index contributed by atoms with van der Waals surface area (Å²) in [5.74, 6) is 0.936. The van der Waals surface area contributed by atoms with Crippen LogP contribution in [0.15, 0.2) is 36.7 Å². The molecule has 0 saturated carbocycles. The second-order valence-electron chi connectivity index (χ2n) is 3.67. The Labute approximate surface area is 94.9 Å². The van der Waals surface area contributed by atoms with Crippen molar-refractivity contribution in [2.75, 3.05) is 11.1 Å². The van der Waals surface area contributed by atoms with Crippen LogP contribution in [-0.2, 0) is 0 Å². The van der Waals surface area contributed by atoms with Gasteiger partial charge in [0.25, 0.3) is 0 Å². The molecule has 4 N–H and O–H groups in total. The van der Waals surface area contributed by atoms with Crippen molar-refractivity contribution < 1.29 is 0 Å². The third-order valence-electron chi connectivity index (χ3n) is 2.55. The van der Waals surface area contributed by atoms with Gasteiger partial charge in [0.15, 0.2) is 0 Å². The molecule has 0 amide bonds. The minimum Gasteiger partial charge on any atom is -0.397 e. The molecule has 0 spiro atoms. The first kappa shape index (κ1) is 10.5. The van der Waals surface area contributed by atoms with Crippen LogP contribution in [0.1, 0.15) is 25.2 Å². The van der Waals surface area contributed by atoms with Gasteiger partial charge in [-0.1, -0.05) is 19.1 Å². The van der Waals surface area contributed by atoms with Gasteiger partial charge in [-0.2, -0.15) is 0 Å². The van der Waals surface area contributed by atoms with Crippen molar-refractivity contribution in [2.24, 2.45) is 0 Å². The summed E-state index contributed by atoms with van der Waals surface area (Å²) in [5.41, 5.74) is 7.59. The van der Waals surface area contributed by atoms with E-state index in [2.05, 4.69) is 22.2 Å². The molecule has 0 aliphatic rings. The van der Waals surface area contributed by atoms with Crippen LogP contribution >= 0.6 is 0 Å². The molecule has 0 aliphatic heterocycles. The maximum atomic E-state index is 5.88. The number of nitrogens with two attached hydrogens (primary N) is 1. The normalized spacial score (nSPS) is 12.3. The zero-order chi connectivity index (χ0) is 11.4. The van der Waals surface area contributed by atoms with Crippen molar-refractivity contribution in [3.8, 4) is 0 Å². The van der Waals surface area contributed by atoms with Gasteiger partial charge < -0.3 is 16.0 Å². The zero-order valence-electron chi connectivity index (χ0n) is 9.27. The Hall–Kier alpha value is -1.97. The first-order valence-corrected chi connectivity index (χ1v) is 5.41. The number of para-hydroxylation sites is 2. The molecule has 0 aliphatic carbocycles. The predicted octanol–water partition coefficient (Wildman–Crippen LogP) is 2.56. The number of rotatable bonds is 4. The summed E-state index contributed by atoms with van der Waals surface area (Å²) in [7, 11) is 0. The number of nitrogens with one attached hydrogen (secondary N) is 2. The zero-order valence-corrected chi connectivity index (χ0v) is 9.27. The van der Waals surface area contributed by atoms with E-state index in [4.69, 9.17) is 5.73 Å². The van der Waals surface area contributed by atoms with E-state index in [-0.39, 0.29) is 6.04 Å². The molecule has 0 saturated heterocycles. The molecule has 1 aromatic carbocycles. The number of nitrogens with zero attached hydrogens (tertiary/aromatic N) is 1.